The Morgan fingerprint density at radius 1 is 1.00 bits per heavy atom. The second kappa shape index (κ2) is 3.70. The van der Waals surface area contributed by atoms with Gasteiger partial charge >= 0.3 is 0 Å². The summed E-state index contributed by atoms with van der Waals surface area (Å²) in [7, 11) is 0. The molecule has 3 nitrogen and oxygen atoms in total. The van der Waals surface area contributed by atoms with E-state index in [1.165, 1.54) is 11.1 Å². The summed E-state index contributed by atoms with van der Waals surface area (Å²) in [6, 6.07) is 10.3. The van der Waals surface area contributed by atoms with Crippen molar-refractivity contribution in [1.82, 2.24) is 14.6 Å². The van der Waals surface area contributed by atoms with E-state index in [-0.39, 0.29) is 0 Å². The highest BCUT2D eigenvalue weighted by Gasteiger charge is 2.05. The molecular formula is C14H13N3. The van der Waals surface area contributed by atoms with Gasteiger partial charge in [0.15, 0.2) is 5.65 Å². The molecule has 0 unspecified atom stereocenters. The third-order valence-corrected chi connectivity index (χ3v) is 2.75. The molecule has 0 spiro atoms. The van der Waals surface area contributed by atoms with Gasteiger partial charge in [-0.3, -0.25) is 0 Å². The Balaban J connectivity index is 2.20. The maximum absolute atomic E-state index is 4.52. The van der Waals surface area contributed by atoms with Crippen LogP contribution in [0.2, 0.25) is 0 Å². The van der Waals surface area contributed by atoms with E-state index in [4.69, 9.17) is 0 Å². The fourth-order valence-corrected chi connectivity index (χ4v) is 2.09. The molecule has 0 fully saturated rings. The zero-order valence-electron chi connectivity index (χ0n) is 9.88. The lowest BCUT2D eigenvalue weighted by Gasteiger charge is -2.01. The Morgan fingerprint density at radius 3 is 2.47 bits per heavy atom. The lowest BCUT2D eigenvalue weighted by molar-refractivity contribution is 0.943. The molecule has 17 heavy (non-hydrogen) atoms. The van der Waals surface area contributed by atoms with Crippen LogP contribution in [0.5, 0.6) is 0 Å². The molecule has 0 radical (unpaired) electrons. The maximum atomic E-state index is 4.52. The fraction of sp³-hybridized carbons (Fsp3) is 0.143. The summed E-state index contributed by atoms with van der Waals surface area (Å²) >= 11 is 0. The maximum Gasteiger partial charge on any atom is 0.155 e. The number of benzene rings is 1. The molecule has 2 heterocycles. The zero-order valence-corrected chi connectivity index (χ0v) is 9.88. The molecule has 3 heteroatoms. The second-order valence-electron chi connectivity index (χ2n) is 4.33. The predicted molar refractivity (Wildman–Crippen MR) is 67.9 cm³/mol. The molecule has 2 aromatic heterocycles. The normalized spacial score (nSPS) is 10.9. The smallest absolute Gasteiger partial charge is 0.155 e. The zero-order chi connectivity index (χ0) is 11.8. The summed E-state index contributed by atoms with van der Waals surface area (Å²) in [5.74, 6) is 0. The van der Waals surface area contributed by atoms with Crippen LogP contribution in [-0.2, 0) is 0 Å². The van der Waals surface area contributed by atoms with Crippen molar-refractivity contribution in [3.63, 3.8) is 0 Å². The average molecular weight is 223 g/mol. The predicted octanol–water partition coefficient (Wildman–Crippen LogP) is 3.01. The van der Waals surface area contributed by atoms with Gasteiger partial charge in [0.05, 0.1) is 5.69 Å². The number of hydrogen-bond acceptors (Lipinski definition) is 2. The van der Waals surface area contributed by atoms with Crippen LogP contribution in [0, 0.1) is 13.8 Å². The fourth-order valence-electron chi connectivity index (χ4n) is 2.09. The Bertz CT molecular complexity index is 630. The average Bonchev–Trinajstić information content (AvgIpc) is 2.71. The standard InChI is InChI=1S/C14H13N3/c1-10-6-11(2)8-12(7-10)13-9-14-15-4-3-5-17(14)16-13/h3-9H,1-2H3. The highest BCUT2D eigenvalue weighted by molar-refractivity contribution is 5.65. The number of aromatic nitrogens is 3. The SMILES string of the molecule is Cc1cc(C)cc(-c2cc3ncccn3n2)c1. The van der Waals surface area contributed by atoms with E-state index in [1.54, 1.807) is 10.7 Å². The molecule has 0 saturated carbocycles. The minimum Gasteiger partial charge on any atom is -0.237 e. The summed E-state index contributed by atoms with van der Waals surface area (Å²) in [6.45, 7) is 4.20. The van der Waals surface area contributed by atoms with Gasteiger partial charge < -0.3 is 0 Å². The van der Waals surface area contributed by atoms with Crippen LogP contribution in [0.3, 0.4) is 0 Å². The van der Waals surface area contributed by atoms with E-state index in [0.717, 1.165) is 16.9 Å². The molecule has 0 aliphatic rings. The highest BCUT2D eigenvalue weighted by atomic mass is 15.2. The molecule has 0 amide bonds. The van der Waals surface area contributed by atoms with Crippen molar-refractivity contribution in [2.24, 2.45) is 0 Å². The molecule has 1 aromatic carbocycles. The van der Waals surface area contributed by atoms with Gasteiger partial charge in [-0.1, -0.05) is 17.2 Å². The monoisotopic (exact) mass is 223 g/mol. The Labute approximate surface area is 99.7 Å². The molecule has 84 valence electrons. The lowest BCUT2D eigenvalue weighted by Crippen LogP contribution is -1.87. The van der Waals surface area contributed by atoms with Gasteiger partial charge in [-0.15, -0.1) is 0 Å². The largest absolute Gasteiger partial charge is 0.237 e. The van der Waals surface area contributed by atoms with Crippen LogP contribution < -0.4 is 0 Å². The van der Waals surface area contributed by atoms with Gasteiger partial charge in [-0.05, 0) is 32.0 Å². The van der Waals surface area contributed by atoms with Crippen LogP contribution in [-0.4, -0.2) is 14.6 Å². The number of hydrogen-bond donors (Lipinski definition) is 0. The van der Waals surface area contributed by atoms with Gasteiger partial charge in [0.1, 0.15) is 0 Å². The van der Waals surface area contributed by atoms with Crippen molar-refractivity contribution in [2.75, 3.05) is 0 Å². The van der Waals surface area contributed by atoms with Gasteiger partial charge in [0, 0.05) is 24.0 Å². The molecule has 3 aromatic rings. The van der Waals surface area contributed by atoms with Gasteiger partial charge in [-0.25, -0.2) is 9.50 Å². The van der Waals surface area contributed by atoms with Crippen LogP contribution in [0.4, 0.5) is 0 Å². The Kier molecular flexibility index (Phi) is 2.18. The van der Waals surface area contributed by atoms with Gasteiger partial charge in [0.2, 0.25) is 0 Å². The Hall–Kier alpha value is -2.16. The summed E-state index contributed by atoms with van der Waals surface area (Å²) in [5, 5.41) is 4.52. The first kappa shape index (κ1) is 10.0. The van der Waals surface area contributed by atoms with Crippen molar-refractivity contribution in [2.45, 2.75) is 13.8 Å². The van der Waals surface area contributed by atoms with E-state index in [9.17, 15) is 0 Å². The first-order chi connectivity index (χ1) is 8.22. The van der Waals surface area contributed by atoms with E-state index in [2.05, 4.69) is 42.1 Å². The Morgan fingerprint density at radius 2 is 1.76 bits per heavy atom. The first-order valence-electron chi connectivity index (χ1n) is 5.61. The third kappa shape index (κ3) is 1.80. The lowest BCUT2D eigenvalue weighted by atomic mass is 10.1. The molecule has 0 atom stereocenters. The van der Waals surface area contributed by atoms with Gasteiger partial charge in [0.25, 0.3) is 0 Å². The van der Waals surface area contributed by atoms with Crippen LogP contribution >= 0.6 is 0 Å². The number of nitrogens with zero attached hydrogens (tertiary/aromatic N) is 3. The third-order valence-electron chi connectivity index (χ3n) is 2.75. The topological polar surface area (TPSA) is 30.2 Å². The van der Waals surface area contributed by atoms with Crippen molar-refractivity contribution in [3.05, 3.63) is 53.9 Å². The van der Waals surface area contributed by atoms with Crippen molar-refractivity contribution < 1.29 is 0 Å². The van der Waals surface area contributed by atoms with Crippen LogP contribution in [0.1, 0.15) is 11.1 Å². The molecule has 0 bridgehead atoms. The first-order valence-corrected chi connectivity index (χ1v) is 5.61. The van der Waals surface area contributed by atoms with Crippen molar-refractivity contribution in [3.8, 4) is 11.3 Å². The van der Waals surface area contributed by atoms with Crippen molar-refractivity contribution in [1.29, 1.82) is 0 Å². The highest BCUT2D eigenvalue weighted by Crippen LogP contribution is 2.21. The van der Waals surface area contributed by atoms with E-state index in [0.29, 0.717) is 0 Å². The molecule has 0 aliphatic carbocycles. The summed E-state index contributed by atoms with van der Waals surface area (Å²) in [6.07, 6.45) is 3.69. The summed E-state index contributed by atoms with van der Waals surface area (Å²) in [4.78, 5) is 4.27. The van der Waals surface area contributed by atoms with E-state index < -0.39 is 0 Å². The molecule has 3 rings (SSSR count). The number of aryl methyl sites for hydroxylation is 2. The minimum absolute atomic E-state index is 0.877. The molecule has 0 saturated heterocycles. The second-order valence-corrected chi connectivity index (χ2v) is 4.33. The summed E-state index contributed by atoms with van der Waals surface area (Å²) in [5.41, 5.74) is 5.50. The minimum atomic E-state index is 0.877. The van der Waals surface area contributed by atoms with Gasteiger partial charge in [-0.2, -0.15) is 5.10 Å². The van der Waals surface area contributed by atoms with Crippen LogP contribution in [0.15, 0.2) is 42.7 Å². The number of rotatable bonds is 1. The molecule has 0 aliphatic heterocycles. The molecule has 0 N–H and O–H groups in total. The molecular weight excluding hydrogens is 210 g/mol. The summed E-state index contributed by atoms with van der Waals surface area (Å²) < 4.78 is 1.80. The van der Waals surface area contributed by atoms with Crippen molar-refractivity contribution >= 4 is 5.65 Å². The van der Waals surface area contributed by atoms with E-state index in [1.807, 2.05) is 18.3 Å². The van der Waals surface area contributed by atoms with Crippen LogP contribution in [0.25, 0.3) is 16.9 Å². The van der Waals surface area contributed by atoms with E-state index >= 15 is 0 Å². The quantitative estimate of drug-likeness (QED) is 0.634. The number of fused-ring (bicyclic) bond motifs is 1.